The van der Waals surface area contributed by atoms with E-state index in [0.717, 1.165) is 18.2 Å². The Morgan fingerprint density at radius 2 is 1.86 bits per heavy atom. The molecular weight excluding hydrogens is 502 g/mol. The van der Waals surface area contributed by atoms with Crippen LogP contribution >= 0.6 is 11.6 Å². The molecular formula is C24H21ClF2N2O5S. The molecule has 1 saturated heterocycles. The monoisotopic (exact) mass is 522 g/mol. The molecule has 1 aliphatic rings. The topological polar surface area (TPSA) is 95.9 Å². The summed E-state index contributed by atoms with van der Waals surface area (Å²) in [7, 11) is -3.11. The first-order valence-electron chi connectivity index (χ1n) is 10.5. The molecule has 184 valence electrons. The van der Waals surface area contributed by atoms with Crippen molar-refractivity contribution in [2.24, 2.45) is 0 Å². The number of benzene rings is 3. The van der Waals surface area contributed by atoms with Crippen LogP contribution < -0.4 is 4.72 Å². The van der Waals surface area contributed by atoms with Gasteiger partial charge in [-0.2, -0.15) is 0 Å². The quantitative estimate of drug-likeness (QED) is 0.491. The number of phenols is 1. The van der Waals surface area contributed by atoms with Gasteiger partial charge >= 0.3 is 0 Å². The van der Waals surface area contributed by atoms with Gasteiger partial charge in [-0.3, -0.25) is 9.52 Å². The van der Waals surface area contributed by atoms with Crippen molar-refractivity contribution in [3.05, 3.63) is 76.8 Å². The summed E-state index contributed by atoms with van der Waals surface area (Å²) < 4.78 is 62.4. The largest absolute Gasteiger partial charge is 0.505 e. The van der Waals surface area contributed by atoms with Gasteiger partial charge in [-0.05, 0) is 30.2 Å². The number of methoxy groups -OCH3 is 1. The summed E-state index contributed by atoms with van der Waals surface area (Å²) >= 11 is 6.03. The lowest BCUT2D eigenvalue weighted by atomic mass is 10.0. The Hall–Kier alpha value is -3.21. The zero-order valence-corrected chi connectivity index (χ0v) is 20.0. The Morgan fingerprint density at radius 3 is 2.51 bits per heavy atom. The molecule has 0 bridgehead atoms. The van der Waals surface area contributed by atoms with Crippen LogP contribution in [0.1, 0.15) is 16.8 Å². The third-order valence-corrected chi connectivity index (χ3v) is 7.38. The highest BCUT2D eigenvalue weighted by molar-refractivity contribution is 7.92. The van der Waals surface area contributed by atoms with Crippen LogP contribution in [-0.4, -0.2) is 50.6 Å². The van der Waals surface area contributed by atoms with Gasteiger partial charge in [-0.1, -0.05) is 41.9 Å². The lowest BCUT2D eigenvalue weighted by molar-refractivity contribution is 0.0724. The van der Waals surface area contributed by atoms with E-state index in [1.54, 1.807) is 30.3 Å². The average Bonchev–Trinajstić information content (AvgIpc) is 3.32. The highest BCUT2D eigenvalue weighted by Crippen LogP contribution is 2.35. The van der Waals surface area contributed by atoms with E-state index in [2.05, 4.69) is 0 Å². The molecule has 0 radical (unpaired) electrons. The van der Waals surface area contributed by atoms with Crippen LogP contribution in [0, 0.1) is 11.6 Å². The van der Waals surface area contributed by atoms with Crippen molar-refractivity contribution in [3.8, 4) is 16.9 Å². The number of phenolic OH excluding ortho intramolecular Hbond substituents is 1. The first-order valence-corrected chi connectivity index (χ1v) is 12.4. The minimum atomic E-state index is -4.64. The van der Waals surface area contributed by atoms with Crippen LogP contribution in [0.4, 0.5) is 14.5 Å². The summed E-state index contributed by atoms with van der Waals surface area (Å²) in [5.74, 6) is -3.35. The standard InChI is InChI=1S/C24H21ClF2N2O5S/c1-34-16-7-8-29(13-16)24(31)15-9-18(25)23(30)22(10-15)35(32,33)28-21-11-17(19(26)12-20(21)27)14-5-3-2-4-6-14/h2-6,9-12,16,28,30H,7-8,13H2,1H3/t16-/m0/s1. The van der Waals surface area contributed by atoms with E-state index >= 15 is 0 Å². The van der Waals surface area contributed by atoms with Gasteiger partial charge in [-0.25, -0.2) is 17.2 Å². The maximum absolute atomic E-state index is 14.5. The summed E-state index contributed by atoms with van der Waals surface area (Å²) in [4.78, 5) is 13.7. The van der Waals surface area contributed by atoms with Crippen molar-refractivity contribution in [3.63, 3.8) is 0 Å². The minimum absolute atomic E-state index is 0.0300. The number of aromatic hydroxyl groups is 1. The van der Waals surface area contributed by atoms with Gasteiger partial charge in [0.2, 0.25) is 0 Å². The first-order chi connectivity index (χ1) is 16.6. The fourth-order valence-corrected chi connectivity index (χ4v) is 5.33. The molecule has 3 aromatic rings. The molecule has 3 aromatic carbocycles. The second-order valence-corrected chi connectivity index (χ2v) is 10.0. The Balaban J connectivity index is 1.70. The number of nitrogens with one attached hydrogen (secondary N) is 1. The zero-order valence-electron chi connectivity index (χ0n) is 18.5. The van der Waals surface area contributed by atoms with E-state index in [-0.39, 0.29) is 22.3 Å². The van der Waals surface area contributed by atoms with E-state index < -0.39 is 43.9 Å². The second kappa shape index (κ2) is 9.80. The second-order valence-electron chi connectivity index (χ2n) is 7.99. The summed E-state index contributed by atoms with van der Waals surface area (Å²) in [6.07, 6.45) is 0.477. The van der Waals surface area contributed by atoms with E-state index in [1.807, 2.05) is 4.72 Å². The van der Waals surface area contributed by atoms with Gasteiger partial charge in [0.15, 0.2) is 5.75 Å². The summed E-state index contributed by atoms with van der Waals surface area (Å²) in [6.45, 7) is 0.719. The maximum atomic E-state index is 14.5. The van der Waals surface area contributed by atoms with Gasteiger partial charge in [0.25, 0.3) is 15.9 Å². The molecule has 1 amide bonds. The SMILES string of the molecule is CO[C@H]1CCN(C(=O)c2cc(Cl)c(O)c(S(=O)(=O)Nc3cc(-c4ccccc4)c(F)cc3F)c2)C1. The van der Waals surface area contributed by atoms with Crippen molar-refractivity contribution < 1.29 is 31.8 Å². The molecule has 0 saturated carbocycles. The molecule has 7 nitrogen and oxygen atoms in total. The number of sulfonamides is 1. The lowest BCUT2D eigenvalue weighted by Crippen LogP contribution is -2.30. The summed E-state index contributed by atoms with van der Waals surface area (Å²) in [6, 6.07) is 11.9. The van der Waals surface area contributed by atoms with Crippen LogP contribution in [0.25, 0.3) is 11.1 Å². The number of ether oxygens (including phenoxy) is 1. The molecule has 11 heteroatoms. The molecule has 0 spiro atoms. The Morgan fingerprint density at radius 1 is 1.14 bits per heavy atom. The van der Waals surface area contributed by atoms with Crippen LogP contribution in [0.5, 0.6) is 5.75 Å². The number of hydrogen-bond donors (Lipinski definition) is 2. The maximum Gasteiger partial charge on any atom is 0.265 e. The van der Waals surface area contributed by atoms with Gasteiger partial charge in [0.05, 0.1) is 16.8 Å². The van der Waals surface area contributed by atoms with E-state index in [0.29, 0.717) is 31.1 Å². The molecule has 0 unspecified atom stereocenters. The summed E-state index contributed by atoms with van der Waals surface area (Å²) in [5, 5.41) is 9.99. The molecule has 1 fully saturated rings. The predicted molar refractivity (Wildman–Crippen MR) is 127 cm³/mol. The highest BCUT2D eigenvalue weighted by atomic mass is 35.5. The number of carbonyl (C=O) groups is 1. The van der Waals surface area contributed by atoms with Gasteiger partial charge in [0.1, 0.15) is 16.5 Å². The van der Waals surface area contributed by atoms with Gasteiger partial charge < -0.3 is 14.7 Å². The highest BCUT2D eigenvalue weighted by Gasteiger charge is 2.30. The van der Waals surface area contributed by atoms with Crippen LogP contribution in [-0.2, 0) is 14.8 Å². The van der Waals surface area contributed by atoms with Crippen LogP contribution in [0.3, 0.4) is 0 Å². The number of hydrogen-bond acceptors (Lipinski definition) is 5. The molecule has 1 aliphatic heterocycles. The van der Waals surface area contributed by atoms with Crippen molar-refractivity contribution in [2.75, 3.05) is 24.9 Å². The normalized spacial score (nSPS) is 15.9. The Labute approximate surface area is 206 Å². The fraction of sp³-hybridized carbons (Fsp3) is 0.208. The molecule has 1 atom stereocenters. The number of anilines is 1. The van der Waals surface area contributed by atoms with Crippen molar-refractivity contribution >= 4 is 33.2 Å². The molecule has 4 rings (SSSR count). The van der Waals surface area contributed by atoms with Crippen LogP contribution in [0.2, 0.25) is 5.02 Å². The Bertz CT molecular complexity index is 1390. The molecule has 1 heterocycles. The predicted octanol–water partition coefficient (Wildman–Crippen LogP) is 4.65. The number of carbonyl (C=O) groups excluding carboxylic acids is 1. The number of nitrogens with zero attached hydrogens (tertiary/aromatic N) is 1. The van der Waals surface area contributed by atoms with Crippen molar-refractivity contribution in [1.82, 2.24) is 4.90 Å². The van der Waals surface area contributed by atoms with E-state index in [4.69, 9.17) is 16.3 Å². The van der Waals surface area contributed by atoms with Crippen molar-refractivity contribution in [1.29, 1.82) is 0 Å². The first kappa shape index (κ1) is 24.9. The number of rotatable bonds is 6. The average molecular weight is 523 g/mol. The third-order valence-electron chi connectivity index (χ3n) is 5.72. The fourth-order valence-electron chi connectivity index (χ4n) is 3.86. The minimum Gasteiger partial charge on any atom is -0.505 e. The van der Waals surface area contributed by atoms with Gasteiger partial charge in [0, 0.05) is 37.4 Å². The van der Waals surface area contributed by atoms with Crippen molar-refractivity contribution in [2.45, 2.75) is 17.4 Å². The lowest BCUT2D eigenvalue weighted by Gasteiger charge is -2.18. The molecule has 0 aliphatic carbocycles. The Kier molecular flexibility index (Phi) is 6.98. The molecule has 2 N–H and O–H groups in total. The number of halogens is 3. The smallest absolute Gasteiger partial charge is 0.265 e. The van der Waals surface area contributed by atoms with Gasteiger partial charge in [-0.15, -0.1) is 0 Å². The van der Waals surface area contributed by atoms with E-state index in [1.165, 1.54) is 12.0 Å². The third kappa shape index (κ3) is 5.09. The summed E-state index contributed by atoms with van der Waals surface area (Å²) in [5.41, 5.74) is -0.240. The zero-order chi connectivity index (χ0) is 25.3. The van der Waals surface area contributed by atoms with E-state index in [9.17, 15) is 27.1 Å². The molecule has 35 heavy (non-hydrogen) atoms. The van der Waals surface area contributed by atoms with Crippen LogP contribution in [0.15, 0.2) is 59.5 Å². The number of amides is 1. The number of likely N-dealkylation sites (tertiary alicyclic amines) is 1. The molecule has 0 aromatic heterocycles.